The summed E-state index contributed by atoms with van der Waals surface area (Å²) in [4.78, 5) is 13.4. The number of carbonyl (C=O) groups excluding carboxylic acids is 1. The highest BCUT2D eigenvalue weighted by Gasteiger charge is 2.39. The van der Waals surface area contributed by atoms with Gasteiger partial charge in [-0.15, -0.1) is 0 Å². The lowest BCUT2D eigenvalue weighted by Gasteiger charge is -2.26. The number of fused-ring (bicyclic) bond motifs is 2. The van der Waals surface area contributed by atoms with Gasteiger partial charge >= 0.3 is 0 Å². The van der Waals surface area contributed by atoms with Crippen LogP contribution in [0, 0.1) is 5.92 Å². The second kappa shape index (κ2) is 3.12. The molecule has 1 aliphatic heterocycles. The van der Waals surface area contributed by atoms with Crippen LogP contribution in [0.3, 0.4) is 0 Å². The molecule has 0 radical (unpaired) electrons. The van der Waals surface area contributed by atoms with Crippen LogP contribution >= 0.6 is 0 Å². The van der Waals surface area contributed by atoms with Crippen LogP contribution in [0.2, 0.25) is 0 Å². The Balaban J connectivity index is 1.84. The highest BCUT2D eigenvalue weighted by Crippen LogP contribution is 2.40. The standard InChI is InChI=1S/C12H15NO2/c1-8(14)11-4-5-12(15-11)13-7-9-2-3-10(13)6-9/h4-5,9-10H,2-3,6-7H2,1H3. The maximum Gasteiger partial charge on any atom is 0.196 e. The molecule has 1 aliphatic carbocycles. The molecule has 15 heavy (non-hydrogen) atoms. The lowest BCUT2D eigenvalue weighted by atomic mass is 10.1. The quantitative estimate of drug-likeness (QED) is 0.695. The van der Waals surface area contributed by atoms with Gasteiger partial charge in [-0.2, -0.15) is 0 Å². The minimum atomic E-state index is 0.00519. The molecule has 2 heterocycles. The first-order valence-electron chi connectivity index (χ1n) is 5.61. The molecule has 0 N–H and O–H groups in total. The Bertz CT molecular complexity index is 396. The van der Waals surface area contributed by atoms with E-state index in [4.69, 9.17) is 4.42 Å². The van der Waals surface area contributed by atoms with E-state index in [1.54, 1.807) is 13.0 Å². The van der Waals surface area contributed by atoms with E-state index in [1.807, 2.05) is 6.07 Å². The summed E-state index contributed by atoms with van der Waals surface area (Å²) in [5.74, 6) is 2.21. The lowest BCUT2D eigenvalue weighted by Crippen LogP contribution is -2.31. The zero-order valence-corrected chi connectivity index (χ0v) is 8.90. The van der Waals surface area contributed by atoms with Gasteiger partial charge in [0, 0.05) is 25.6 Å². The predicted molar refractivity (Wildman–Crippen MR) is 57.2 cm³/mol. The van der Waals surface area contributed by atoms with Crippen molar-refractivity contribution in [1.82, 2.24) is 0 Å². The van der Waals surface area contributed by atoms with E-state index in [1.165, 1.54) is 19.3 Å². The number of Topliss-reactive ketones (excluding diaryl/α,β-unsaturated/α-hetero) is 1. The van der Waals surface area contributed by atoms with Crippen molar-refractivity contribution in [2.45, 2.75) is 32.2 Å². The fourth-order valence-corrected chi connectivity index (χ4v) is 2.87. The van der Waals surface area contributed by atoms with Crippen molar-refractivity contribution in [3.8, 4) is 0 Å². The molecular formula is C12H15NO2. The lowest BCUT2D eigenvalue weighted by molar-refractivity contribution is 0.0987. The number of rotatable bonds is 2. The molecule has 1 saturated heterocycles. The molecule has 2 fully saturated rings. The van der Waals surface area contributed by atoms with Crippen LogP contribution in [0.15, 0.2) is 16.5 Å². The van der Waals surface area contributed by atoms with Gasteiger partial charge in [0.25, 0.3) is 0 Å². The zero-order chi connectivity index (χ0) is 10.4. The molecule has 0 amide bonds. The second-order valence-electron chi connectivity index (χ2n) is 4.68. The van der Waals surface area contributed by atoms with Gasteiger partial charge in [0.05, 0.1) is 0 Å². The van der Waals surface area contributed by atoms with Gasteiger partial charge in [-0.1, -0.05) is 0 Å². The van der Waals surface area contributed by atoms with E-state index in [2.05, 4.69) is 4.90 Å². The Hall–Kier alpha value is -1.25. The van der Waals surface area contributed by atoms with E-state index < -0.39 is 0 Å². The maximum absolute atomic E-state index is 11.1. The number of hydrogen-bond donors (Lipinski definition) is 0. The first-order valence-corrected chi connectivity index (χ1v) is 5.61. The Morgan fingerprint density at radius 2 is 2.33 bits per heavy atom. The van der Waals surface area contributed by atoms with Crippen LogP contribution in [-0.4, -0.2) is 18.4 Å². The molecule has 3 heteroatoms. The Kier molecular flexibility index (Phi) is 1.87. The number of anilines is 1. The summed E-state index contributed by atoms with van der Waals surface area (Å²) in [5.41, 5.74) is 0. The molecule has 0 spiro atoms. The maximum atomic E-state index is 11.1. The van der Waals surface area contributed by atoms with Gasteiger partial charge in [-0.05, 0) is 31.2 Å². The first kappa shape index (κ1) is 9.01. The Morgan fingerprint density at radius 3 is 2.87 bits per heavy atom. The molecule has 1 aromatic heterocycles. The van der Waals surface area contributed by atoms with Crippen molar-refractivity contribution >= 4 is 11.7 Å². The van der Waals surface area contributed by atoms with Crippen molar-refractivity contribution in [3.63, 3.8) is 0 Å². The summed E-state index contributed by atoms with van der Waals surface area (Å²) in [7, 11) is 0. The summed E-state index contributed by atoms with van der Waals surface area (Å²) in [6.45, 7) is 2.65. The van der Waals surface area contributed by atoms with Gasteiger partial charge in [-0.25, -0.2) is 0 Å². The third-order valence-corrected chi connectivity index (χ3v) is 3.63. The van der Waals surface area contributed by atoms with E-state index in [-0.39, 0.29) is 5.78 Å². The van der Waals surface area contributed by atoms with Crippen LogP contribution in [-0.2, 0) is 0 Å². The van der Waals surface area contributed by atoms with Crippen molar-refractivity contribution in [2.24, 2.45) is 5.92 Å². The highest BCUT2D eigenvalue weighted by molar-refractivity contribution is 5.91. The van der Waals surface area contributed by atoms with Gasteiger partial charge in [-0.3, -0.25) is 4.79 Å². The molecule has 2 aliphatic rings. The van der Waals surface area contributed by atoms with E-state index in [0.717, 1.165) is 18.3 Å². The fraction of sp³-hybridized carbons (Fsp3) is 0.583. The second-order valence-corrected chi connectivity index (χ2v) is 4.68. The average Bonchev–Trinajstić information content (AvgIpc) is 2.93. The number of carbonyl (C=O) groups is 1. The Labute approximate surface area is 89.1 Å². The molecular weight excluding hydrogens is 190 g/mol. The van der Waals surface area contributed by atoms with Crippen molar-refractivity contribution in [3.05, 3.63) is 17.9 Å². The molecule has 3 nitrogen and oxygen atoms in total. The SMILES string of the molecule is CC(=O)c1ccc(N2CC3CCC2C3)o1. The van der Waals surface area contributed by atoms with E-state index in [9.17, 15) is 4.79 Å². The highest BCUT2D eigenvalue weighted by atomic mass is 16.4. The molecule has 1 aromatic rings. The summed E-state index contributed by atoms with van der Waals surface area (Å²) in [6, 6.07) is 4.36. The summed E-state index contributed by atoms with van der Waals surface area (Å²) < 4.78 is 5.56. The van der Waals surface area contributed by atoms with Crippen LogP contribution in [0.5, 0.6) is 0 Å². The molecule has 2 unspecified atom stereocenters. The minimum absolute atomic E-state index is 0.00519. The monoisotopic (exact) mass is 205 g/mol. The zero-order valence-electron chi connectivity index (χ0n) is 8.90. The van der Waals surface area contributed by atoms with Crippen LogP contribution in [0.25, 0.3) is 0 Å². The molecule has 0 aromatic carbocycles. The fourth-order valence-electron chi connectivity index (χ4n) is 2.87. The Morgan fingerprint density at radius 1 is 1.47 bits per heavy atom. The van der Waals surface area contributed by atoms with Gasteiger partial charge in [0.1, 0.15) is 0 Å². The van der Waals surface area contributed by atoms with Crippen LogP contribution in [0.4, 0.5) is 5.88 Å². The summed E-state index contributed by atoms with van der Waals surface area (Å²) in [5, 5.41) is 0. The normalized spacial score (nSPS) is 28.7. The van der Waals surface area contributed by atoms with Crippen molar-refractivity contribution in [2.75, 3.05) is 11.4 Å². The molecule has 2 atom stereocenters. The molecule has 80 valence electrons. The topological polar surface area (TPSA) is 33.5 Å². The first-order chi connectivity index (χ1) is 7.24. The van der Waals surface area contributed by atoms with Gasteiger partial charge < -0.3 is 9.32 Å². The summed E-state index contributed by atoms with van der Waals surface area (Å²) >= 11 is 0. The van der Waals surface area contributed by atoms with Gasteiger partial charge in [0.2, 0.25) is 0 Å². The van der Waals surface area contributed by atoms with Crippen LogP contribution < -0.4 is 4.90 Å². The smallest absolute Gasteiger partial charge is 0.196 e. The number of nitrogens with zero attached hydrogens (tertiary/aromatic N) is 1. The van der Waals surface area contributed by atoms with Crippen molar-refractivity contribution in [1.29, 1.82) is 0 Å². The number of furan rings is 1. The largest absolute Gasteiger partial charge is 0.437 e. The third-order valence-electron chi connectivity index (χ3n) is 3.63. The molecule has 3 rings (SSSR count). The number of ketones is 1. The van der Waals surface area contributed by atoms with Gasteiger partial charge in [0.15, 0.2) is 17.4 Å². The average molecular weight is 205 g/mol. The third kappa shape index (κ3) is 1.37. The number of hydrogen-bond acceptors (Lipinski definition) is 3. The van der Waals surface area contributed by atoms with E-state index in [0.29, 0.717) is 11.8 Å². The molecule has 2 bridgehead atoms. The minimum Gasteiger partial charge on any atom is -0.437 e. The summed E-state index contributed by atoms with van der Waals surface area (Å²) in [6.07, 6.45) is 3.94. The van der Waals surface area contributed by atoms with Crippen molar-refractivity contribution < 1.29 is 9.21 Å². The predicted octanol–water partition coefficient (Wildman–Crippen LogP) is 2.47. The molecule has 1 saturated carbocycles. The van der Waals surface area contributed by atoms with Crippen LogP contribution in [0.1, 0.15) is 36.7 Å². The van der Waals surface area contributed by atoms with E-state index >= 15 is 0 Å². The number of piperidine rings is 1.